The lowest BCUT2D eigenvalue weighted by molar-refractivity contribution is 0.102. The summed E-state index contributed by atoms with van der Waals surface area (Å²) >= 11 is 0. The maximum Gasteiger partial charge on any atom is 0.257 e. The molecule has 1 heterocycles. The molecule has 1 saturated carbocycles. The van der Waals surface area contributed by atoms with Crippen molar-refractivity contribution in [3.63, 3.8) is 0 Å². The van der Waals surface area contributed by atoms with Crippen molar-refractivity contribution in [2.75, 3.05) is 10.6 Å². The predicted molar refractivity (Wildman–Crippen MR) is 115 cm³/mol. The largest absolute Gasteiger partial charge is 0.382 e. The second-order valence-corrected chi connectivity index (χ2v) is 7.24. The minimum atomic E-state index is -0.109. The number of hydrogen-bond donors (Lipinski definition) is 2. The molecular weight excluding hydrogens is 346 g/mol. The van der Waals surface area contributed by atoms with Gasteiger partial charge in [-0.3, -0.25) is 9.78 Å². The number of aromatic nitrogens is 1. The molecule has 142 valence electrons. The van der Waals surface area contributed by atoms with Crippen LogP contribution in [0.3, 0.4) is 0 Å². The zero-order chi connectivity index (χ0) is 19.2. The molecule has 28 heavy (non-hydrogen) atoms. The van der Waals surface area contributed by atoms with Crippen molar-refractivity contribution in [3.05, 3.63) is 78.5 Å². The average Bonchev–Trinajstić information content (AvgIpc) is 2.76. The van der Waals surface area contributed by atoms with Gasteiger partial charge < -0.3 is 10.6 Å². The van der Waals surface area contributed by atoms with Crippen LogP contribution in [0.1, 0.15) is 42.5 Å². The van der Waals surface area contributed by atoms with Crippen molar-refractivity contribution in [2.45, 2.75) is 38.1 Å². The third kappa shape index (κ3) is 4.22. The Morgan fingerprint density at radius 3 is 2.32 bits per heavy atom. The Balaban J connectivity index is 1.57. The van der Waals surface area contributed by atoms with Crippen LogP contribution in [-0.2, 0) is 0 Å². The Morgan fingerprint density at radius 2 is 1.54 bits per heavy atom. The third-order valence-electron chi connectivity index (χ3n) is 5.25. The van der Waals surface area contributed by atoms with E-state index in [2.05, 4.69) is 15.6 Å². The molecule has 0 saturated heterocycles. The third-order valence-corrected chi connectivity index (χ3v) is 5.25. The number of carbonyl (C=O) groups is 1. The first-order chi connectivity index (χ1) is 13.8. The molecule has 0 radical (unpaired) electrons. The molecule has 1 amide bonds. The van der Waals surface area contributed by atoms with Gasteiger partial charge in [0.05, 0.1) is 16.9 Å². The van der Waals surface area contributed by atoms with Crippen LogP contribution in [0.2, 0.25) is 0 Å². The maximum absolute atomic E-state index is 13.1. The first kappa shape index (κ1) is 18.2. The number of nitrogens with zero attached hydrogens (tertiary/aromatic N) is 1. The summed E-state index contributed by atoms with van der Waals surface area (Å²) in [7, 11) is 0. The minimum Gasteiger partial charge on any atom is -0.382 e. The molecule has 0 spiro atoms. The summed E-state index contributed by atoms with van der Waals surface area (Å²) in [5.74, 6) is -0.109. The molecule has 0 atom stereocenters. The van der Waals surface area contributed by atoms with E-state index in [9.17, 15) is 4.79 Å². The fourth-order valence-corrected chi connectivity index (χ4v) is 3.80. The maximum atomic E-state index is 13.1. The van der Waals surface area contributed by atoms with E-state index in [-0.39, 0.29) is 5.91 Å². The van der Waals surface area contributed by atoms with Gasteiger partial charge in [0.2, 0.25) is 0 Å². The fraction of sp³-hybridized carbons (Fsp3) is 0.250. The van der Waals surface area contributed by atoms with E-state index in [1.165, 1.54) is 32.1 Å². The number of pyridine rings is 1. The lowest BCUT2D eigenvalue weighted by atomic mass is 9.95. The van der Waals surface area contributed by atoms with Gasteiger partial charge in [-0.25, -0.2) is 0 Å². The molecule has 0 aliphatic heterocycles. The number of carbonyl (C=O) groups excluding carboxylic acids is 1. The SMILES string of the molecule is O=C(Nc1ccccc1-c1ccccn1)c1ccccc1NC1CCCCC1. The molecule has 0 bridgehead atoms. The van der Waals surface area contributed by atoms with Crippen LogP contribution in [0.25, 0.3) is 11.3 Å². The monoisotopic (exact) mass is 371 g/mol. The average molecular weight is 371 g/mol. The van der Waals surface area contributed by atoms with Crippen LogP contribution in [0.5, 0.6) is 0 Å². The predicted octanol–water partition coefficient (Wildman–Crippen LogP) is 5.75. The number of para-hydroxylation sites is 2. The first-order valence-electron chi connectivity index (χ1n) is 9.98. The lowest BCUT2D eigenvalue weighted by Gasteiger charge is -2.25. The molecule has 4 nitrogen and oxygen atoms in total. The zero-order valence-electron chi connectivity index (χ0n) is 15.9. The zero-order valence-corrected chi connectivity index (χ0v) is 15.9. The molecule has 0 unspecified atom stereocenters. The van der Waals surface area contributed by atoms with E-state index >= 15 is 0 Å². The molecule has 1 aliphatic rings. The molecule has 4 heteroatoms. The van der Waals surface area contributed by atoms with Gasteiger partial charge in [-0.1, -0.05) is 55.7 Å². The molecule has 3 aromatic rings. The fourth-order valence-electron chi connectivity index (χ4n) is 3.80. The van der Waals surface area contributed by atoms with Crippen LogP contribution >= 0.6 is 0 Å². The standard InChI is InChI=1S/C24H25N3O/c28-24(20-13-5-7-16-23(20)26-18-10-2-1-3-11-18)27-22-15-6-4-12-19(22)21-14-8-9-17-25-21/h4-9,12-18,26H,1-3,10-11H2,(H,27,28). The smallest absolute Gasteiger partial charge is 0.257 e. The number of amides is 1. The number of nitrogens with one attached hydrogen (secondary N) is 2. The van der Waals surface area contributed by atoms with E-state index in [0.717, 1.165) is 22.6 Å². The van der Waals surface area contributed by atoms with Gasteiger partial charge in [0, 0.05) is 23.5 Å². The first-order valence-corrected chi connectivity index (χ1v) is 9.98. The Morgan fingerprint density at radius 1 is 0.821 bits per heavy atom. The summed E-state index contributed by atoms with van der Waals surface area (Å²) in [6.07, 6.45) is 7.91. The van der Waals surface area contributed by atoms with Crippen molar-refractivity contribution in [2.24, 2.45) is 0 Å². The van der Waals surface area contributed by atoms with E-state index in [1.807, 2.05) is 66.7 Å². The highest BCUT2D eigenvalue weighted by atomic mass is 16.1. The quantitative estimate of drug-likeness (QED) is 0.601. The van der Waals surface area contributed by atoms with Crippen molar-refractivity contribution in [1.29, 1.82) is 0 Å². The van der Waals surface area contributed by atoms with Crippen LogP contribution in [-0.4, -0.2) is 16.9 Å². The molecule has 4 rings (SSSR count). The summed E-state index contributed by atoms with van der Waals surface area (Å²) in [6.45, 7) is 0. The van der Waals surface area contributed by atoms with Crippen LogP contribution in [0.4, 0.5) is 11.4 Å². The Hall–Kier alpha value is -3.14. The highest BCUT2D eigenvalue weighted by Gasteiger charge is 2.18. The van der Waals surface area contributed by atoms with Gasteiger partial charge in [-0.2, -0.15) is 0 Å². The van der Waals surface area contributed by atoms with Crippen molar-refractivity contribution in [3.8, 4) is 11.3 Å². The van der Waals surface area contributed by atoms with E-state index < -0.39 is 0 Å². The van der Waals surface area contributed by atoms with Crippen molar-refractivity contribution < 1.29 is 4.79 Å². The molecular formula is C24H25N3O. The van der Waals surface area contributed by atoms with Crippen LogP contribution in [0.15, 0.2) is 72.9 Å². The molecule has 2 N–H and O–H groups in total. The van der Waals surface area contributed by atoms with Crippen LogP contribution < -0.4 is 10.6 Å². The minimum absolute atomic E-state index is 0.109. The van der Waals surface area contributed by atoms with Gasteiger partial charge >= 0.3 is 0 Å². The Kier molecular flexibility index (Phi) is 5.66. The molecule has 1 aromatic heterocycles. The molecule has 2 aromatic carbocycles. The Bertz CT molecular complexity index is 933. The van der Waals surface area contributed by atoms with E-state index in [4.69, 9.17) is 0 Å². The number of anilines is 2. The molecule has 1 fully saturated rings. The van der Waals surface area contributed by atoms with Crippen molar-refractivity contribution in [1.82, 2.24) is 4.98 Å². The summed E-state index contributed by atoms with van der Waals surface area (Å²) < 4.78 is 0. The highest BCUT2D eigenvalue weighted by Crippen LogP contribution is 2.28. The number of benzene rings is 2. The number of hydrogen-bond acceptors (Lipinski definition) is 3. The number of rotatable bonds is 5. The van der Waals surface area contributed by atoms with Gasteiger partial charge in [0.1, 0.15) is 0 Å². The van der Waals surface area contributed by atoms with E-state index in [0.29, 0.717) is 11.6 Å². The summed E-state index contributed by atoms with van der Waals surface area (Å²) in [5.41, 5.74) is 4.09. The molecule has 1 aliphatic carbocycles. The van der Waals surface area contributed by atoms with Crippen LogP contribution in [0, 0.1) is 0 Å². The van der Waals surface area contributed by atoms with Crippen molar-refractivity contribution >= 4 is 17.3 Å². The summed E-state index contributed by atoms with van der Waals surface area (Å²) in [4.78, 5) is 17.5. The van der Waals surface area contributed by atoms with Gasteiger partial charge in [-0.15, -0.1) is 0 Å². The Labute approximate surface area is 166 Å². The summed E-state index contributed by atoms with van der Waals surface area (Å²) in [6, 6.07) is 21.8. The van der Waals surface area contributed by atoms with Gasteiger partial charge in [-0.05, 0) is 43.2 Å². The highest BCUT2D eigenvalue weighted by molar-refractivity contribution is 6.09. The van der Waals surface area contributed by atoms with Gasteiger partial charge in [0.25, 0.3) is 5.91 Å². The lowest BCUT2D eigenvalue weighted by Crippen LogP contribution is -2.24. The summed E-state index contributed by atoms with van der Waals surface area (Å²) in [5, 5.41) is 6.67. The second kappa shape index (κ2) is 8.70. The topological polar surface area (TPSA) is 54.0 Å². The second-order valence-electron chi connectivity index (χ2n) is 7.24. The normalized spacial score (nSPS) is 14.4. The van der Waals surface area contributed by atoms with Gasteiger partial charge in [0.15, 0.2) is 0 Å². The van der Waals surface area contributed by atoms with E-state index in [1.54, 1.807) is 6.20 Å².